The molecule has 2 atom stereocenters. The highest BCUT2D eigenvalue weighted by molar-refractivity contribution is 5.95. The number of hydrogen-bond donors (Lipinski definition) is 0. The zero-order valence-electron chi connectivity index (χ0n) is 9.97. The number of ether oxygens (including phenoxy) is 2. The molecule has 90 valence electrons. The van der Waals surface area contributed by atoms with Gasteiger partial charge in [0.15, 0.2) is 11.4 Å². The zero-order chi connectivity index (χ0) is 12.1. The van der Waals surface area contributed by atoms with Crippen molar-refractivity contribution < 1.29 is 14.3 Å². The molecular formula is C13H15NO3. The molecule has 2 fully saturated rings. The van der Waals surface area contributed by atoms with Crippen molar-refractivity contribution >= 4 is 5.91 Å². The van der Waals surface area contributed by atoms with Crippen LogP contribution < -0.4 is 0 Å². The lowest BCUT2D eigenvalue weighted by atomic mass is 10.1. The fourth-order valence-electron chi connectivity index (χ4n) is 2.11. The minimum Gasteiger partial charge on any atom is -0.348 e. The molecule has 4 heteroatoms. The first-order valence-electron chi connectivity index (χ1n) is 5.73. The Morgan fingerprint density at radius 2 is 1.59 bits per heavy atom. The second-order valence-corrected chi connectivity index (χ2v) is 4.93. The molecule has 1 amide bonds. The largest absolute Gasteiger partial charge is 0.348 e. The maximum absolute atomic E-state index is 12.5. The summed E-state index contributed by atoms with van der Waals surface area (Å²) in [6.07, 6.45) is 0. The van der Waals surface area contributed by atoms with Crippen molar-refractivity contribution in [2.45, 2.75) is 25.3 Å². The summed E-state index contributed by atoms with van der Waals surface area (Å²) in [6, 6.07) is 9.24. The Morgan fingerprint density at radius 3 is 2.00 bits per heavy atom. The van der Waals surface area contributed by atoms with Crippen molar-refractivity contribution in [2.24, 2.45) is 0 Å². The number of nitrogens with zero attached hydrogens (tertiary/aromatic N) is 1. The van der Waals surface area contributed by atoms with Gasteiger partial charge in [0.25, 0.3) is 5.91 Å². The Morgan fingerprint density at radius 1 is 1.12 bits per heavy atom. The quantitative estimate of drug-likeness (QED) is 0.745. The Balaban J connectivity index is 1.92. The van der Waals surface area contributed by atoms with E-state index in [1.807, 2.05) is 44.2 Å². The van der Waals surface area contributed by atoms with Crippen LogP contribution in [0.1, 0.15) is 24.2 Å². The Labute approximate surface area is 100 Å². The second kappa shape index (κ2) is 3.31. The normalized spacial score (nSPS) is 34.2. The van der Waals surface area contributed by atoms with Gasteiger partial charge in [0.05, 0.1) is 13.2 Å². The van der Waals surface area contributed by atoms with E-state index < -0.39 is 11.4 Å². The van der Waals surface area contributed by atoms with Gasteiger partial charge in [0.1, 0.15) is 0 Å². The summed E-state index contributed by atoms with van der Waals surface area (Å²) >= 11 is 0. The lowest BCUT2D eigenvalue weighted by molar-refractivity contribution is 0.00270. The van der Waals surface area contributed by atoms with Crippen LogP contribution in [0.5, 0.6) is 0 Å². The van der Waals surface area contributed by atoms with Crippen LogP contribution in [-0.2, 0) is 9.47 Å². The van der Waals surface area contributed by atoms with Crippen molar-refractivity contribution in [2.75, 3.05) is 13.2 Å². The van der Waals surface area contributed by atoms with E-state index in [1.165, 1.54) is 0 Å². The highest BCUT2D eigenvalue weighted by atomic mass is 16.7. The fourth-order valence-corrected chi connectivity index (χ4v) is 2.11. The van der Waals surface area contributed by atoms with Crippen LogP contribution in [0.2, 0.25) is 0 Å². The standard InChI is InChI=1S/C13H15NO3/c1-12(8-16-12)14(13(2)9-17-13)11(15)10-6-4-3-5-7-10/h3-7H,8-9H2,1-2H3. The second-order valence-electron chi connectivity index (χ2n) is 4.93. The highest BCUT2D eigenvalue weighted by Crippen LogP contribution is 2.43. The molecule has 1 aromatic rings. The van der Waals surface area contributed by atoms with E-state index >= 15 is 0 Å². The van der Waals surface area contributed by atoms with Crippen molar-refractivity contribution in [3.05, 3.63) is 35.9 Å². The van der Waals surface area contributed by atoms with Gasteiger partial charge in [-0.2, -0.15) is 0 Å². The maximum atomic E-state index is 12.5. The molecule has 2 aliphatic rings. The third kappa shape index (κ3) is 1.73. The molecule has 2 heterocycles. The van der Waals surface area contributed by atoms with Crippen LogP contribution in [0.3, 0.4) is 0 Å². The first-order chi connectivity index (χ1) is 8.05. The molecule has 2 aliphatic heterocycles. The van der Waals surface area contributed by atoms with Gasteiger partial charge >= 0.3 is 0 Å². The van der Waals surface area contributed by atoms with E-state index in [-0.39, 0.29) is 5.91 Å². The van der Waals surface area contributed by atoms with Crippen molar-refractivity contribution in [1.29, 1.82) is 0 Å². The molecule has 0 bridgehead atoms. The molecule has 0 N–H and O–H groups in total. The average molecular weight is 233 g/mol. The van der Waals surface area contributed by atoms with Crippen LogP contribution in [0, 0.1) is 0 Å². The number of carbonyl (C=O) groups excluding carboxylic acids is 1. The van der Waals surface area contributed by atoms with Crippen molar-refractivity contribution in [1.82, 2.24) is 4.90 Å². The predicted octanol–water partition coefficient (Wildman–Crippen LogP) is 1.62. The maximum Gasteiger partial charge on any atom is 0.258 e. The molecule has 2 saturated heterocycles. The van der Waals surface area contributed by atoms with Crippen LogP contribution in [0.4, 0.5) is 0 Å². The molecule has 0 spiro atoms. The van der Waals surface area contributed by atoms with E-state index in [0.717, 1.165) is 0 Å². The highest BCUT2D eigenvalue weighted by Gasteiger charge is 2.61. The fraction of sp³-hybridized carbons (Fsp3) is 0.462. The summed E-state index contributed by atoms with van der Waals surface area (Å²) < 4.78 is 10.8. The number of carbonyl (C=O) groups is 1. The molecule has 1 aromatic carbocycles. The molecule has 17 heavy (non-hydrogen) atoms. The van der Waals surface area contributed by atoms with Gasteiger partial charge in [0.2, 0.25) is 0 Å². The van der Waals surface area contributed by atoms with Gasteiger partial charge < -0.3 is 9.47 Å². The molecule has 3 rings (SSSR count). The predicted molar refractivity (Wildman–Crippen MR) is 61.3 cm³/mol. The first kappa shape index (κ1) is 10.7. The van der Waals surface area contributed by atoms with Gasteiger partial charge in [-0.15, -0.1) is 0 Å². The molecular weight excluding hydrogens is 218 g/mol. The number of benzene rings is 1. The summed E-state index contributed by atoms with van der Waals surface area (Å²) in [5.74, 6) is -0.0365. The first-order valence-corrected chi connectivity index (χ1v) is 5.73. The smallest absolute Gasteiger partial charge is 0.258 e. The van der Waals surface area contributed by atoms with Crippen molar-refractivity contribution in [3.8, 4) is 0 Å². The molecule has 0 saturated carbocycles. The van der Waals surface area contributed by atoms with Crippen LogP contribution in [-0.4, -0.2) is 35.5 Å². The summed E-state index contributed by atoms with van der Waals surface area (Å²) in [5, 5.41) is 0. The Bertz CT molecular complexity index is 431. The minimum atomic E-state index is -0.502. The van der Waals surface area contributed by atoms with E-state index in [1.54, 1.807) is 4.90 Å². The van der Waals surface area contributed by atoms with Gasteiger partial charge in [0, 0.05) is 5.56 Å². The SMILES string of the molecule is CC1(N(C(=O)c2ccccc2)C2(C)CO2)CO1. The van der Waals surface area contributed by atoms with E-state index in [0.29, 0.717) is 18.8 Å². The topological polar surface area (TPSA) is 45.4 Å². The zero-order valence-corrected chi connectivity index (χ0v) is 9.97. The molecule has 2 unspecified atom stereocenters. The summed E-state index contributed by atoms with van der Waals surface area (Å²) in [6.45, 7) is 4.98. The average Bonchev–Trinajstić information content (AvgIpc) is 3.22. The third-order valence-electron chi connectivity index (χ3n) is 3.29. The van der Waals surface area contributed by atoms with Gasteiger partial charge in [-0.05, 0) is 26.0 Å². The minimum absolute atomic E-state index is 0.0365. The Hall–Kier alpha value is -1.39. The molecule has 0 aliphatic carbocycles. The Kier molecular flexibility index (Phi) is 2.09. The number of epoxide rings is 2. The number of amides is 1. The van der Waals surface area contributed by atoms with Crippen LogP contribution in [0.25, 0.3) is 0 Å². The van der Waals surface area contributed by atoms with E-state index in [9.17, 15) is 4.79 Å². The van der Waals surface area contributed by atoms with Crippen molar-refractivity contribution in [3.63, 3.8) is 0 Å². The monoisotopic (exact) mass is 233 g/mol. The van der Waals surface area contributed by atoms with E-state index in [4.69, 9.17) is 9.47 Å². The van der Waals surface area contributed by atoms with Gasteiger partial charge in [-0.1, -0.05) is 18.2 Å². The van der Waals surface area contributed by atoms with Gasteiger partial charge in [-0.25, -0.2) is 0 Å². The molecule has 4 nitrogen and oxygen atoms in total. The lowest BCUT2D eigenvalue weighted by Crippen LogP contribution is -2.49. The van der Waals surface area contributed by atoms with E-state index in [2.05, 4.69) is 0 Å². The summed E-state index contributed by atoms with van der Waals surface area (Å²) in [7, 11) is 0. The lowest BCUT2D eigenvalue weighted by Gasteiger charge is -2.30. The summed E-state index contributed by atoms with van der Waals surface area (Å²) in [4.78, 5) is 14.2. The van der Waals surface area contributed by atoms with Crippen LogP contribution in [0.15, 0.2) is 30.3 Å². The van der Waals surface area contributed by atoms with Crippen LogP contribution >= 0.6 is 0 Å². The number of hydrogen-bond acceptors (Lipinski definition) is 3. The third-order valence-corrected chi connectivity index (χ3v) is 3.29. The molecule has 0 aromatic heterocycles. The number of rotatable bonds is 3. The summed E-state index contributed by atoms with van der Waals surface area (Å²) in [5.41, 5.74) is -0.336. The van der Waals surface area contributed by atoms with Gasteiger partial charge in [-0.3, -0.25) is 9.69 Å². The molecule has 0 radical (unpaired) electrons.